The maximum Gasteiger partial charge on any atom is 0.408 e. The first-order valence-electron chi connectivity index (χ1n) is 10.2. The number of nitrogens with one attached hydrogen (secondary N) is 1. The van der Waals surface area contributed by atoms with Crippen LogP contribution in [-0.2, 0) is 9.53 Å². The molecule has 172 valence electrons. The fourth-order valence-electron chi connectivity index (χ4n) is 3.27. The molecule has 0 bridgehead atoms. The number of hydrogen-bond acceptors (Lipinski definition) is 4. The Hall–Kier alpha value is -2.57. The molecule has 0 saturated heterocycles. The SMILES string of the molecule is CC[C@@H](CC(=O)C(NC(=O)OC(C)(C)C)c1cc(Cl)cc(Cl)c1)c1ccc(C(=O)O)cc1. The van der Waals surface area contributed by atoms with E-state index in [0.717, 1.165) is 5.56 Å². The van der Waals surface area contributed by atoms with E-state index in [1.807, 2.05) is 6.92 Å². The molecule has 2 N–H and O–H groups in total. The highest BCUT2D eigenvalue weighted by Gasteiger charge is 2.28. The van der Waals surface area contributed by atoms with Gasteiger partial charge < -0.3 is 15.2 Å². The molecule has 0 aromatic heterocycles. The second kappa shape index (κ2) is 10.8. The summed E-state index contributed by atoms with van der Waals surface area (Å²) in [7, 11) is 0. The van der Waals surface area contributed by atoms with Crippen molar-refractivity contribution in [1.82, 2.24) is 5.32 Å². The number of alkyl carbamates (subject to hydrolysis) is 1. The van der Waals surface area contributed by atoms with Crippen molar-refractivity contribution in [2.45, 2.75) is 58.1 Å². The number of hydrogen-bond donors (Lipinski definition) is 2. The second-order valence-electron chi connectivity index (χ2n) is 8.48. The first kappa shape index (κ1) is 25.7. The van der Waals surface area contributed by atoms with Gasteiger partial charge >= 0.3 is 12.1 Å². The highest BCUT2D eigenvalue weighted by Crippen LogP contribution is 2.30. The van der Waals surface area contributed by atoms with Crippen LogP contribution in [0.25, 0.3) is 0 Å². The molecule has 32 heavy (non-hydrogen) atoms. The predicted octanol–water partition coefficient (Wildman–Crippen LogP) is 6.41. The van der Waals surface area contributed by atoms with Crippen molar-refractivity contribution < 1.29 is 24.2 Å². The number of carbonyl (C=O) groups excluding carboxylic acids is 2. The van der Waals surface area contributed by atoms with E-state index in [0.29, 0.717) is 22.0 Å². The minimum absolute atomic E-state index is 0.119. The van der Waals surface area contributed by atoms with Gasteiger partial charge in [0.15, 0.2) is 5.78 Å². The average Bonchev–Trinajstić information content (AvgIpc) is 2.68. The van der Waals surface area contributed by atoms with Crippen LogP contribution in [0, 0.1) is 0 Å². The number of Topliss-reactive ketones (excluding diaryl/α,β-unsaturated/α-hetero) is 1. The quantitative estimate of drug-likeness (QED) is 0.456. The summed E-state index contributed by atoms with van der Waals surface area (Å²) in [6.45, 7) is 7.13. The first-order chi connectivity index (χ1) is 14.9. The molecule has 0 saturated carbocycles. The van der Waals surface area contributed by atoms with Gasteiger partial charge in [0.25, 0.3) is 0 Å². The molecule has 8 heteroatoms. The lowest BCUT2D eigenvalue weighted by Crippen LogP contribution is -2.38. The third kappa shape index (κ3) is 7.53. The van der Waals surface area contributed by atoms with Gasteiger partial charge in [-0.15, -0.1) is 0 Å². The molecule has 1 amide bonds. The molecule has 2 rings (SSSR count). The van der Waals surface area contributed by atoms with Crippen molar-refractivity contribution >= 4 is 41.0 Å². The molecular formula is C24H27Cl2NO5. The normalized spacial score (nSPS) is 13.2. The molecule has 2 atom stereocenters. The summed E-state index contributed by atoms with van der Waals surface area (Å²) in [6, 6.07) is 10.1. The summed E-state index contributed by atoms with van der Waals surface area (Å²) in [6.07, 6.45) is 0.0343. The van der Waals surface area contributed by atoms with Crippen molar-refractivity contribution in [3.63, 3.8) is 0 Å². The van der Waals surface area contributed by atoms with Crippen LogP contribution in [0.5, 0.6) is 0 Å². The fraction of sp³-hybridized carbons (Fsp3) is 0.375. The minimum Gasteiger partial charge on any atom is -0.478 e. The van der Waals surface area contributed by atoms with Crippen molar-refractivity contribution in [2.75, 3.05) is 0 Å². The Bertz CT molecular complexity index is 963. The summed E-state index contributed by atoms with van der Waals surface area (Å²) in [5, 5.41) is 12.4. The van der Waals surface area contributed by atoms with Gasteiger partial charge in [-0.3, -0.25) is 4.79 Å². The zero-order chi connectivity index (χ0) is 24.1. The predicted molar refractivity (Wildman–Crippen MR) is 125 cm³/mol. The number of aromatic carboxylic acids is 1. The van der Waals surface area contributed by atoms with E-state index in [-0.39, 0.29) is 23.7 Å². The lowest BCUT2D eigenvalue weighted by molar-refractivity contribution is -0.121. The second-order valence-corrected chi connectivity index (χ2v) is 9.36. The summed E-state index contributed by atoms with van der Waals surface area (Å²) in [4.78, 5) is 36.9. The van der Waals surface area contributed by atoms with E-state index in [1.165, 1.54) is 12.1 Å². The molecule has 1 unspecified atom stereocenters. The van der Waals surface area contributed by atoms with E-state index < -0.39 is 23.7 Å². The maximum absolute atomic E-state index is 13.3. The van der Waals surface area contributed by atoms with Gasteiger partial charge in [0.2, 0.25) is 0 Å². The maximum atomic E-state index is 13.3. The minimum atomic E-state index is -1.01. The monoisotopic (exact) mass is 479 g/mol. The summed E-state index contributed by atoms with van der Waals surface area (Å²) >= 11 is 12.2. The van der Waals surface area contributed by atoms with E-state index in [2.05, 4.69) is 5.32 Å². The van der Waals surface area contributed by atoms with Crippen LogP contribution in [-0.4, -0.2) is 28.6 Å². The number of carbonyl (C=O) groups is 3. The lowest BCUT2D eigenvalue weighted by Gasteiger charge is -2.25. The van der Waals surface area contributed by atoms with Crippen molar-refractivity contribution in [1.29, 1.82) is 0 Å². The molecule has 0 fully saturated rings. The van der Waals surface area contributed by atoms with E-state index in [1.54, 1.807) is 51.1 Å². The van der Waals surface area contributed by atoms with Gasteiger partial charge in [-0.25, -0.2) is 9.59 Å². The van der Waals surface area contributed by atoms with Crippen molar-refractivity contribution in [3.05, 3.63) is 69.2 Å². The van der Waals surface area contributed by atoms with Gasteiger partial charge in [-0.2, -0.15) is 0 Å². The zero-order valence-electron chi connectivity index (χ0n) is 18.4. The molecule has 0 aliphatic rings. The average molecular weight is 480 g/mol. The number of ether oxygens (including phenoxy) is 1. The van der Waals surface area contributed by atoms with Crippen LogP contribution in [0.15, 0.2) is 42.5 Å². The Kier molecular flexibility index (Phi) is 8.70. The van der Waals surface area contributed by atoms with Gasteiger partial charge in [-0.1, -0.05) is 42.3 Å². The topological polar surface area (TPSA) is 92.7 Å². The standard InChI is InChI=1S/C24H27Cl2NO5/c1-5-14(15-6-8-16(9-7-15)22(29)30)12-20(28)21(27-23(31)32-24(2,3)4)17-10-18(25)13-19(26)11-17/h6-11,13-14,21H,5,12H2,1-4H3,(H,27,31)(H,29,30)/t14-,21?/m0/s1. The van der Waals surface area contributed by atoms with E-state index in [4.69, 9.17) is 33.0 Å². The van der Waals surface area contributed by atoms with Crippen LogP contribution in [0.1, 0.15) is 74.0 Å². The largest absolute Gasteiger partial charge is 0.478 e. The highest BCUT2D eigenvalue weighted by molar-refractivity contribution is 6.34. The number of benzene rings is 2. The fourth-order valence-corrected chi connectivity index (χ4v) is 3.82. The Morgan fingerprint density at radius 3 is 2.03 bits per heavy atom. The Morgan fingerprint density at radius 2 is 1.56 bits per heavy atom. The Morgan fingerprint density at radius 1 is 1.00 bits per heavy atom. The molecule has 0 heterocycles. The lowest BCUT2D eigenvalue weighted by atomic mass is 9.87. The van der Waals surface area contributed by atoms with Gasteiger partial charge in [0.05, 0.1) is 5.56 Å². The van der Waals surface area contributed by atoms with Gasteiger partial charge in [0.1, 0.15) is 11.6 Å². The molecule has 0 aliphatic carbocycles. The molecule has 0 aliphatic heterocycles. The molecule has 0 spiro atoms. The van der Waals surface area contributed by atoms with Crippen molar-refractivity contribution in [2.24, 2.45) is 0 Å². The number of rotatable bonds is 8. The first-order valence-corrected chi connectivity index (χ1v) is 11.0. The van der Waals surface area contributed by atoms with Gasteiger partial charge in [-0.05, 0) is 74.6 Å². The summed E-state index contributed by atoms with van der Waals surface area (Å²) in [5.41, 5.74) is 0.731. The molecule has 0 radical (unpaired) electrons. The molecule has 2 aromatic carbocycles. The zero-order valence-corrected chi connectivity index (χ0v) is 20.0. The highest BCUT2D eigenvalue weighted by atomic mass is 35.5. The summed E-state index contributed by atoms with van der Waals surface area (Å²) in [5.74, 6) is -1.42. The van der Waals surface area contributed by atoms with Crippen LogP contribution in [0.4, 0.5) is 4.79 Å². The van der Waals surface area contributed by atoms with E-state index >= 15 is 0 Å². The number of halogens is 2. The Balaban J connectivity index is 2.31. The molecule has 6 nitrogen and oxygen atoms in total. The molecule has 2 aromatic rings. The molecular weight excluding hydrogens is 453 g/mol. The Labute approximate surface area is 197 Å². The van der Waals surface area contributed by atoms with Crippen molar-refractivity contribution in [3.8, 4) is 0 Å². The van der Waals surface area contributed by atoms with Crippen LogP contribution in [0.3, 0.4) is 0 Å². The van der Waals surface area contributed by atoms with Crippen LogP contribution >= 0.6 is 23.2 Å². The summed E-state index contributed by atoms with van der Waals surface area (Å²) < 4.78 is 5.33. The van der Waals surface area contributed by atoms with E-state index in [9.17, 15) is 14.4 Å². The van der Waals surface area contributed by atoms with Crippen LogP contribution < -0.4 is 5.32 Å². The number of carboxylic acids is 1. The third-order valence-electron chi connectivity index (χ3n) is 4.77. The number of carboxylic acid groups (broad SMARTS) is 1. The smallest absolute Gasteiger partial charge is 0.408 e. The number of ketones is 1. The number of amides is 1. The van der Waals surface area contributed by atoms with Crippen LogP contribution in [0.2, 0.25) is 10.0 Å². The van der Waals surface area contributed by atoms with Gasteiger partial charge in [0, 0.05) is 16.5 Å². The third-order valence-corrected chi connectivity index (χ3v) is 5.21.